The van der Waals surface area contributed by atoms with Crippen LogP contribution < -0.4 is 0 Å². The van der Waals surface area contributed by atoms with Gasteiger partial charge < -0.3 is 5.11 Å². The number of hydrogen-bond donors (Lipinski definition) is 2. The minimum Gasteiger partial charge on any atom is -0.507 e. The van der Waals surface area contributed by atoms with Crippen LogP contribution in [0.4, 0.5) is 4.39 Å². The van der Waals surface area contributed by atoms with E-state index in [1.54, 1.807) is 6.07 Å². The number of phenols is 1. The van der Waals surface area contributed by atoms with Crippen molar-refractivity contribution < 1.29 is 9.50 Å². The van der Waals surface area contributed by atoms with Crippen LogP contribution >= 0.6 is 11.6 Å². The highest BCUT2D eigenvalue weighted by Gasteiger charge is 2.11. The number of aromatic amines is 1. The molecule has 0 aliphatic rings. The third-order valence-electron chi connectivity index (χ3n) is 4.19. The highest BCUT2D eigenvalue weighted by Crippen LogP contribution is 2.31. The van der Waals surface area contributed by atoms with Crippen LogP contribution in [0, 0.1) is 5.82 Å². The third kappa shape index (κ3) is 3.19. The molecule has 0 fully saturated rings. The van der Waals surface area contributed by atoms with Crippen LogP contribution in [0.1, 0.15) is 0 Å². The van der Waals surface area contributed by atoms with E-state index in [2.05, 4.69) is 10.2 Å². The molecule has 0 radical (unpaired) electrons. The highest BCUT2D eigenvalue weighted by molar-refractivity contribution is 6.30. The van der Waals surface area contributed by atoms with Gasteiger partial charge in [-0.2, -0.15) is 5.10 Å². The molecule has 1 heterocycles. The van der Waals surface area contributed by atoms with Gasteiger partial charge in [0.1, 0.15) is 11.6 Å². The molecule has 0 saturated carbocycles. The summed E-state index contributed by atoms with van der Waals surface area (Å²) in [6.45, 7) is 0. The fourth-order valence-corrected chi connectivity index (χ4v) is 2.93. The van der Waals surface area contributed by atoms with E-state index in [9.17, 15) is 9.50 Å². The van der Waals surface area contributed by atoms with E-state index >= 15 is 0 Å². The van der Waals surface area contributed by atoms with Crippen molar-refractivity contribution in [1.29, 1.82) is 0 Å². The second kappa shape index (κ2) is 6.65. The standard InChI is InChI=1S/C21H14ClFN2O/c22-16-7-5-14(6-8-16)13-1-3-15(4-2-13)19-12-20(25-24-19)18-11-17(23)9-10-21(18)26/h1-12,26H,(H,24,25). The molecule has 0 atom stereocenters. The smallest absolute Gasteiger partial charge is 0.125 e. The van der Waals surface area contributed by atoms with Crippen LogP contribution in [-0.2, 0) is 0 Å². The zero-order chi connectivity index (χ0) is 18.1. The molecule has 1 aromatic heterocycles. The van der Waals surface area contributed by atoms with Gasteiger partial charge in [-0.3, -0.25) is 5.10 Å². The summed E-state index contributed by atoms with van der Waals surface area (Å²) in [5.74, 6) is -0.433. The van der Waals surface area contributed by atoms with E-state index in [0.717, 1.165) is 22.4 Å². The van der Waals surface area contributed by atoms with Gasteiger partial charge in [0.05, 0.1) is 11.4 Å². The molecule has 0 spiro atoms. The normalized spacial score (nSPS) is 10.8. The molecule has 0 bridgehead atoms. The number of aromatic hydroxyl groups is 1. The van der Waals surface area contributed by atoms with Crippen molar-refractivity contribution in [3.8, 4) is 39.4 Å². The van der Waals surface area contributed by atoms with Crippen molar-refractivity contribution in [2.75, 3.05) is 0 Å². The first-order valence-electron chi connectivity index (χ1n) is 8.01. The molecule has 0 aliphatic heterocycles. The van der Waals surface area contributed by atoms with Crippen molar-refractivity contribution in [3.63, 3.8) is 0 Å². The number of benzene rings is 3. The summed E-state index contributed by atoms with van der Waals surface area (Å²) >= 11 is 5.93. The Kier molecular flexibility index (Phi) is 4.19. The van der Waals surface area contributed by atoms with Crippen molar-refractivity contribution in [3.05, 3.63) is 83.6 Å². The summed E-state index contributed by atoms with van der Waals surface area (Å²) in [4.78, 5) is 0. The van der Waals surface area contributed by atoms with Gasteiger partial charge in [0.15, 0.2) is 0 Å². The topological polar surface area (TPSA) is 48.9 Å². The summed E-state index contributed by atoms with van der Waals surface area (Å²) < 4.78 is 13.4. The minimum atomic E-state index is -0.422. The van der Waals surface area contributed by atoms with Crippen molar-refractivity contribution in [1.82, 2.24) is 10.2 Å². The SMILES string of the molecule is Oc1ccc(F)cc1-c1cc(-c2ccc(-c3ccc(Cl)cc3)cc2)[nH]n1. The molecule has 3 aromatic carbocycles. The van der Waals surface area contributed by atoms with E-state index in [1.807, 2.05) is 48.5 Å². The maximum atomic E-state index is 13.4. The van der Waals surface area contributed by atoms with E-state index < -0.39 is 5.82 Å². The van der Waals surface area contributed by atoms with E-state index in [1.165, 1.54) is 18.2 Å². The molecule has 2 N–H and O–H groups in total. The number of nitrogens with one attached hydrogen (secondary N) is 1. The average molecular weight is 365 g/mol. The van der Waals surface area contributed by atoms with Gasteiger partial charge in [-0.05, 0) is 53.1 Å². The Morgan fingerprint density at radius 3 is 2.12 bits per heavy atom. The van der Waals surface area contributed by atoms with E-state index in [-0.39, 0.29) is 5.75 Å². The lowest BCUT2D eigenvalue weighted by Crippen LogP contribution is -1.81. The first-order chi connectivity index (χ1) is 12.6. The molecule has 3 nitrogen and oxygen atoms in total. The molecular weight excluding hydrogens is 351 g/mol. The zero-order valence-electron chi connectivity index (χ0n) is 13.6. The Bertz CT molecular complexity index is 1060. The fourth-order valence-electron chi connectivity index (χ4n) is 2.81. The number of aromatic nitrogens is 2. The zero-order valence-corrected chi connectivity index (χ0v) is 14.3. The summed E-state index contributed by atoms with van der Waals surface area (Å²) in [5.41, 5.74) is 4.72. The van der Waals surface area contributed by atoms with Gasteiger partial charge in [-0.1, -0.05) is 48.0 Å². The van der Waals surface area contributed by atoms with E-state index in [4.69, 9.17) is 11.6 Å². The second-order valence-corrected chi connectivity index (χ2v) is 6.35. The predicted molar refractivity (Wildman–Crippen MR) is 102 cm³/mol. The number of hydrogen-bond acceptors (Lipinski definition) is 2. The molecule has 128 valence electrons. The summed E-state index contributed by atoms with van der Waals surface area (Å²) in [7, 11) is 0. The fraction of sp³-hybridized carbons (Fsp3) is 0. The van der Waals surface area contributed by atoms with E-state index in [0.29, 0.717) is 16.3 Å². The molecule has 0 unspecified atom stereocenters. The van der Waals surface area contributed by atoms with Crippen LogP contribution in [0.5, 0.6) is 5.75 Å². The number of nitrogens with zero attached hydrogens (tertiary/aromatic N) is 1. The van der Waals surface area contributed by atoms with Crippen molar-refractivity contribution in [2.24, 2.45) is 0 Å². The lowest BCUT2D eigenvalue weighted by atomic mass is 10.0. The molecular formula is C21H14ClFN2O. The quantitative estimate of drug-likeness (QED) is 0.475. The Balaban J connectivity index is 1.63. The largest absolute Gasteiger partial charge is 0.507 e. The Morgan fingerprint density at radius 1 is 0.808 bits per heavy atom. The highest BCUT2D eigenvalue weighted by atomic mass is 35.5. The Labute approximate surface area is 154 Å². The molecule has 5 heteroatoms. The number of phenolic OH excluding ortho intramolecular Hbond substituents is 1. The molecule has 26 heavy (non-hydrogen) atoms. The lowest BCUT2D eigenvalue weighted by molar-refractivity contribution is 0.475. The summed E-state index contributed by atoms with van der Waals surface area (Å²) in [6, 6.07) is 21.2. The molecule has 0 amide bonds. The molecule has 4 aromatic rings. The maximum Gasteiger partial charge on any atom is 0.125 e. The first kappa shape index (κ1) is 16.4. The maximum absolute atomic E-state index is 13.4. The third-order valence-corrected chi connectivity index (χ3v) is 4.44. The van der Waals surface area contributed by atoms with Crippen molar-refractivity contribution >= 4 is 11.6 Å². The molecule has 0 aliphatic carbocycles. The predicted octanol–water partition coefficient (Wildman–Crippen LogP) is 5.91. The molecule has 4 rings (SSSR count). The van der Waals surface area contributed by atoms with Gasteiger partial charge >= 0.3 is 0 Å². The second-order valence-electron chi connectivity index (χ2n) is 5.91. The van der Waals surface area contributed by atoms with Crippen LogP contribution in [0.2, 0.25) is 5.02 Å². The number of rotatable bonds is 3. The van der Waals surface area contributed by atoms with Gasteiger partial charge in [0.2, 0.25) is 0 Å². The van der Waals surface area contributed by atoms with Crippen molar-refractivity contribution in [2.45, 2.75) is 0 Å². The van der Waals surface area contributed by atoms with Crippen LogP contribution in [0.25, 0.3) is 33.6 Å². The van der Waals surface area contributed by atoms with Gasteiger partial charge in [-0.15, -0.1) is 0 Å². The van der Waals surface area contributed by atoms with Crippen LogP contribution in [0.15, 0.2) is 72.8 Å². The Hall–Kier alpha value is -3.11. The summed E-state index contributed by atoms with van der Waals surface area (Å²) in [5, 5.41) is 17.7. The van der Waals surface area contributed by atoms with Gasteiger partial charge in [0.25, 0.3) is 0 Å². The number of halogens is 2. The first-order valence-corrected chi connectivity index (χ1v) is 8.38. The monoisotopic (exact) mass is 364 g/mol. The number of H-pyrrole nitrogens is 1. The van der Waals surface area contributed by atoms with Crippen LogP contribution in [0.3, 0.4) is 0 Å². The molecule has 0 saturated heterocycles. The van der Waals surface area contributed by atoms with Crippen LogP contribution in [-0.4, -0.2) is 15.3 Å². The Morgan fingerprint density at radius 2 is 1.42 bits per heavy atom. The lowest BCUT2D eigenvalue weighted by Gasteiger charge is -2.03. The average Bonchev–Trinajstić information content (AvgIpc) is 3.14. The summed E-state index contributed by atoms with van der Waals surface area (Å²) in [6.07, 6.45) is 0. The minimum absolute atomic E-state index is 0.0115. The van der Waals surface area contributed by atoms with Gasteiger partial charge in [-0.25, -0.2) is 4.39 Å². The van der Waals surface area contributed by atoms with Gasteiger partial charge in [0, 0.05) is 10.6 Å².